The van der Waals surface area contributed by atoms with Gasteiger partial charge in [-0.2, -0.15) is 4.80 Å². The van der Waals surface area contributed by atoms with Gasteiger partial charge in [-0.25, -0.2) is 0 Å². The minimum atomic E-state index is -0.860. The Hall–Kier alpha value is -2.29. The first-order valence-corrected chi connectivity index (χ1v) is 7.29. The summed E-state index contributed by atoms with van der Waals surface area (Å²) in [5.74, 6) is -0.707. The Bertz CT molecular complexity index is 662. The summed E-state index contributed by atoms with van der Waals surface area (Å²) in [4.78, 5) is 24.9. The van der Waals surface area contributed by atoms with Gasteiger partial charge in [-0.15, -0.1) is 21.5 Å². The Morgan fingerprint density at radius 1 is 1.48 bits per heavy atom. The average molecular weight is 307 g/mol. The molecule has 110 valence electrons. The number of hydrogen-bond donors (Lipinski definition) is 2. The number of amides is 1. The topological polar surface area (TPSA) is 110 Å². The van der Waals surface area contributed by atoms with Crippen molar-refractivity contribution in [2.24, 2.45) is 5.41 Å². The smallest absolute Gasteiger partial charge is 0.311 e. The van der Waals surface area contributed by atoms with Crippen LogP contribution in [0.25, 0.3) is 10.7 Å². The number of carboxylic acids is 1. The Balaban J connectivity index is 1.55. The predicted octanol–water partition coefficient (Wildman–Crippen LogP) is 0.383. The highest BCUT2D eigenvalue weighted by Crippen LogP contribution is 2.45. The van der Waals surface area contributed by atoms with E-state index in [1.54, 1.807) is 0 Å². The molecule has 9 heteroatoms. The summed E-state index contributed by atoms with van der Waals surface area (Å²) in [5, 5.41) is 25.4. The Kier molecular flexibility index (Phi) is 3.42. The fraction of sp³-hybridized carbons (Fsp3) is 0.417. The van der Waals surface area contributed by atoms with E-state index in [0.717, 1.165) is 4.88 Å². The second kappa shape index (κ2) is 5.24. The van der Waals surface area contributed by atoms with Gasteiger partial charge in [-0.1, -0.05) is 6.07 Å². The molecular weight excluding hydrogens is 294 g/mol. The highest BCUT2D eigenvalue weighted by Gasteiger charge is 2.50. The van der Waals surface area contributed by atoms with Crippen LogP contribution in [0.2, 0.25) is 0 Å². The molecule has 2 heterocycles. The molecule has 0 saturated heterocycles. The second-order valence-corrected chi connectivity index (χ2v) is 5.93. The number of aromatic nitrogens is 4. The van der Waals surface area contributed by atoms with Gasteiger partial charge in [-0.05, 0) is 29.5 Å². The number of carboxylic acid groups (broad SMARTS) is 1. The molecule has 1 aliphatic rings. The number of carbonyl (C=O) groups is 2. The van der Waals surface area contributed by atoms with Crippen LogP contribution in [0.4, 0.5) is 0 Å². The maximum absolute atomic E-state index is 11.8. The Morgan fingerprint density at radius 3 is 2.90 bits per heavy atom. The lowest BCUT2D eigenvalue weighted by Gasteiger charge is -2.10. The monoisotopic (exact) mass is 307 g/mol. The number of thiophene rings is 1. The first-order chi connectivity index (χ1) is 10.1. The summed E-state index contributed by atoms with van der Waals surface area (Å²) < 4.78 is 0. The molecule has 1 saturated carbocycles. The molecule has 0 aliphatic heterocycles. The molecule has 2 aromatic heterocycles. The van der Waals surface area contributed by atoms with Gasteiger partial charge in [0.05, 0.1) is 10.3 Å². The standard InChI is InChI=1S/C12H13N5O3S/c18-9(13-7-12(3-4-12)11(19)20)6-17-15-10(14-16-17)8-2-1-5-21-8/h1-2,5H,3-4,6-7H2,(H,13,18)(H,19,20). The van der Waals surface area contributed by atoms with E-state index >= 15 is 0 Å². The zero-order chi connectivity index (χ0) is 14.9. The molecule has 8 nitrogen and oxygen atoms in total. The zero-order valence-corrected chi connectivity index (χ0v) is 11.8. The largest absolute Gasteiger partial charge is 0.481 e. The molecule has 1 aliphatic carbocycles. The van der Waals surface area contributed by atoms with E-state index in [9.17, 15) is 9.59 Å². The van der Waals surface area contributed by atoms with E-state index in [2.05, 4.69) is 20.7 Å². The highest BCUT2D eigenvalue weighted by atomic mass is 32.1. The van der Waals surface area contributed by atoms with Crippen LogP contribution in [-0.2, 0) is 16.1 Å². The molecule has 0 radical (unpaired) electrons. The van der Waals surface area contributed by atoms with Crippen LogP contribution in [0.3, 0.4) is 0 Å². The van der Waals surface area contributed by atoms with Gasteiger partial charge in [0.25, 0.3) is 0 Å². The average Bonchev–Trinajstić information content (AvgIpc) is 2.88. The molecule has 2 aromatic rings. The van der Waals surface area contributed by atoms with Crippen molar-refractivity contribution in [1.82, 2.24) is 25.5 Å². The first-order valence-electron chi connectivity index (χ1n) is 6.41. The molecule has 3 rings (SSSR count). The lowest BCUT2D eigenvalue weighted by Crippen LogP contribution is -2.36. The maximum Gasteiger partial charge on any atom is 0.311 e. The number of carbonyl (C=O) groups excluding carboxylic acids is 1. The van der Waals surface area contributed by atoms with Crippen molar-refractivity contribution in [2.75, 3.05) is 6.54 Å². The minimum Gasteiger partial charge on any atom is -0.481 e. The van der Waals surface area contributed by atoms with Gasteiger partial charge in [-0.3, -0.25) is 9.59 Å². The number of nitrogens with one attached hydrogen (secondary N) is 1. The molecule has 1 amide bonds. The van der Waals surface area contributed by atoms with Crippen LogP contribution in [0.1, 0.15) is 12.8 Å². The summed E-state index contributed by atoms with van der Waals surface area (Å²) in [6.45, 7) is 0.0712. The Labute approximate surface area is 123 Å². The normalized spacial score (nSPS) is 15.6. The summed E-state index contributed by atoms with van der Waals surface area (Å²) in [6, 6.07) is 3.75. The summed E-state index contributed by atoms with van der Waals surface area (Å²) >= 11 is 1.49. The summed E-state index contributed by atoms with van der Waals surface area (Å²) in [5.41, 5.74) is -0.770. The van der Waals surface area contributed by atoms with Crippen molar-refractivity contribution in [3.63, 3.8) is 0 Å². The number of rotatable bonds is 6. The van der Waals surface area contributed by atoms with Gasteiger partial charge < -0.3 is 10.4 Å². The van der Waals surface area contributed by atoms with E-state index in [4.69, 9.17) is 5.11 Å². The van der Waals surface area contributed by atoms with E-state index in [0.29, 0.717) is 18.7 Å². The van der Waals surface area contributed by atoms with Crippen molar-refractivity contribution < 1.29 is 14.7 Å². The molecule has 0 spiro atoms. The third-order valence-corrected chi connectivity index (χ3v) is 4.28. The molecule has 1 fully saturated rings. The van der Waals surface area contributed by atoms with E-state index in [1.807, 2.05) is 17.5 Å². The fourth-order valence-corrected chi connectivity index (χ4v) is 2.53. The van der Waals surface area contributed by atoms with Gasteiger partial charge in [0.2, 0.25) is 11.7 Å². The van der Waals surface area contributed by atoms with Crippen molar-refractivity contribution in [3.05, 3.63) is 17.5 Å². The van der Waals surface area contributed by atoms with E-state index in [-0.39, 0.29) is 19.0 Å². The molecule has 0 bridgehead atoms. The maximum atomic E-state index is 11.8. The van der Waals surface area contributed by atoms with Crippen LogP contribution in [0.15, 0.2) is 17.5 Å². The predicted molar refractivity (Wildman–Crippen MR) is 73.4 cm³/mol. The quantitative estimate of drug-likeness (QED) is 0.798. The van der Waals surface area contributed by atoms with Gasteiger partial charge >= 0.3 is 5.97 Å². The van der Waals surface area contributed by atoms with Crippen LogP contribution in [-0.4, -0.2) is 43.7 Å². The third kappa shape index (κ3) is 2.92. The molecule has 0 aromatic carbocycles. The summed E-state index contributed by atoms with van der Waals surface area (Å²) in [7, 11) is 0. The first kappa shape index (κ1) is 13.7. The van der Waals surface area contributed by atoms with Crippen molar-refractivity contribution in [2.45, 2.75) is 19.4 Å². The third-order valence-electron chi connectivity index (χ3n) is 3.41. The molecule has 2 N–H and O–H groups in total. The number of aliphatic carboxylic acids is 1. The number of hydrogen-bond acceptors (Lipinski definition) is 6. The number of nitrogens with zero attached hydrogens (tertiary/aromatic N) is 4. The van der Waals surface area contributed by atoms with E-state index < -0.39 is 11.4 Å². The molecule has 0 unspecified atom stereocenters. The van der Waals surface area contributed by atoms with Crippen molar-refractivity contribution in [3.8, 4) is 10.7 Å². The molecule has 0 atom stereocenters. The minimum absolute atomic E-state index is 0.0753. The molecular formula is C12H13N5O3S. The number of tetrazole rings is 1. The van der Waals surface area contributed by atoms with Gasteiger partial charge in [0.1, 0.15) is 6.54 Å². The lowest BCUT2D eigenvalue weighted by molar-refractivity contribution is -0.143. The Morgan fingerprint density at radius 2 is 2.29 bits per heavy atom. The van der Waals surface area contributed by atoms with Crippen molar-refractivity contribution >= 4 is 23.2 Å². The van der Waals surface area contributed by atoms with Crippen LogP contribution < -0.4 is 5.32 Å². The van der Waals surface area contributed by atoms with Crippen LogP contribution in [0, 0.1) is 5.41 Å². The summed E-state index contributed by atoms with van der Waals surface area (Å²) in [6.07, 6.45) is 1.21. The zero-order valence-electron chi connectivity index (χ0n) is 11.0. The van der Waals surface area contributed by atoms with Gasteiger partial charge in [0.15, 0.2) is 0 Å². The van der Waals surface area contributed by atoms with Crippen LogP contribution in [0.5, 0.6) is 0 Å². The van der Waals surface area contributed by atoms with E-state index in [1.165, 1.54) is 16.1 Å². The SMILES string of the molecule is O=C(Cn1nnc(-c2cccs2)n1)NCC1(C(=O)O)CC1. The van der Waals surface area contributed by atoms with Gasteiger partial charge in [0, 0.05) is 6.54 Å². The van der Waals surface area contributed by atoms with Crippen molar-refractivity contribution in [1.29, 1.82) is 0 Å². The van der Waals surface area contributed by atoms with Crippen LogP contribution >= 0.6 is 11.3 Å². The highest BCUT2D eigenvalue weighted by molar-refractivity contribution is 7.13. The lowest BCUT2D eigenvalue weighted by atomic mass is 10.1. The second-order valence-electron chi connectivity index (χ2n) is 4.98. The fourth-order valence-electron chi connectivity index (χ4n) is 1.88. The molecule has 21 heavy (non-hydrogen) atoms.